The maximum Gasteiger partial charge on any atom is 0.222 e. The standard InChI is InChI=1S/C19H31N3O2/c1-13(2)19(23)21-10-16-7-6-8-22(11-16)12-17-15(4)18(24-5)14(3)9-20-17/h9,13,16H,6-8,10-12H2,1-5H3,(H,21,23)/t16-/m0/s1. The van der Waals surface area contributed by atoms with E-state index in [1.807, 2.05) is 27.0 Å². The number of methoxy groups -OCH3 is 1. The van der Waals surface area contributed by atoms with Crippen LogP contribution in [0.1, 0.15) is 43.5 Å². The summed E-state index contributed by atoms with van der Waals surface area (Å²) >= 11 is 0. The average Bonchev–Trinajstić information content (AvgIpc) is 2.56. The van der Waals surface area contributed by atoms with Crippen molar-refractivity contribution in [1.29, 1.82) is 0 Å². The van der Waals surface area contributed by atoms with Crippen molar-refractivity contribution in [2.75, 3.05) is 26.7 Å². The van der Waals surface area contributed by atoms with E-state index in [0.717, 1.165) is 48.7 Å². The second-order valence-corrected chi connectivity index (χ2v) is 7.19. The molecule has 0 unspecified atom stereocenters. The molecule has 1 aromatic rings. The third-order valence-electron chi connectivity index (χ3n) is 4.82. The first kappa shape index (κ1) is 18.7. The van der Waals surface area contributed by atoms with Crippen LogP contribution in [0.5, 0.6) is 5.75 Å². The Morgan fingerprint density at radius 3 is 2.88 bits per heavy atom. The van der Waals surface area contributed by atoms with E-state index in [1.54, 1.807) is 7.11 Å². The maximum atomic E-state index is 11.8. The summed E-state index contributed by atoms with van der Waals surface area (Å²) in [6.45, 7) is 11.7. The van der Waals surface area contributed by atoms with E-state index in [4.69, 9.17) is 4.74 Å². The minimum Gasteiger partial charge on any atom is -0.496 e. The molecule has 2 rings (SSSR count). The number of ether oxygens (including phenoxy) is 1. The number of nitrogens with one attached hydrogen (secondary N) is 1. The first-order valence-electron chi connectivity index (χ1n) is 8.91. The molecule has 1 aliphatic heterocycles. The number of likely N-dealkylation sites (tertiary alicyclic amines) is 1. The van der Waals surface area contributed by atoms with Crippen molar-refractivity contribution in [3.63, 3.8) is 0 Å². The summed E-state index contributed by atoms with van der Waals surface area (Å²) in [5, 5.41) is 3.07. The van der Waals surface area contributed by atoms with Crippen LogP contribution in [0.4, 0.5) is 0 Å². The zero-order valence-electron chi connectivity index (χ0n) is 15.7. The molecule has 5 nitrogen and oxygen atoms in total. The lowest BCUT2D eigenvalue weighted by Crippen LogP contribution is -2.41. The molecule has 2 heterocycles. The fraction of sp³-hybridized carbons (Fsp3) is 0.684. The molecule has 0 saturated carbocycles. The summed E-state index contributed by atoms with van der Waals surface area (Å²) in [5.74, 6) is 1.66. The van der Waals surface area contributed by atoms with Crippen LogP contribution in [0.15, 0.2) is 6.20 Å². The molecular formula is C19H31N3O2. The highest BCUT2D eigenvalue weighted by atomic mass is 16.5. The molecule has 1 fully saturated rings. The molecule has 1 aliphatic rings. The van der Waals surface area contributed by atoms with Crippen molar-refractivity contribution >= 4 is 5.91 Å². The first-order valence-corrected chi connectivity index (χ1v) is 8.91. The second-order valence-electron chi connectivity index (χ2n) is 7.19. The number of carbonyl (C=O) groups excluding carboxylic acids is 1. The molecule has 0 bridgehead atoms. The summed E-state index contributed by atoms with van der Waals surface area (Å²) < 4.78 is 5.51. The van der Waals surface area contributed by atoms with Crippen molar-refractivity contribution in [2.24, 2.45) is 11.8 Å². The summed E-state index contributed by atoms with van der Waals surface area (Å²) in [4.78, 5) is 18.8. The minimum absolute atomic E-state index is 0.0524. The monoisotopic (exact) mass is 333 g/mol. The highest BCUT2D eigenvalue weighted by Gasteiger charge is 2.22. The highest BCUT2D eigenvalue weighted by Crippen LogP contribution is 2.26. The number of aromatic nitrogens is 1. The van der Waals surface area contributed by atoms with Crippen LogP contribution in [0, 0.1) is 25.7 Å². The number of piperidine rings is 1. The summed E-state index contributed by atoms with van der Waals surface area (Å²) in [7, 11) is 1.72. The second kappa shape index (κ2) is 8.47. The number of nitrogens with zero attached hydrogens (tertiary/aromatic N) is 2. The molecule has 1 atom stereocenters. The van der Waals surface area contributed by atoms with E-state index in [9.17, 15) is 4.79 Å². The van der Waals surface area contributed by atoms with Crippen LogP contribution in [0.2, 0.25) is 0 Å². The molecule has 0 aliphatic carbocycles. The summed E-state index contributed by atoms with van der Waals surface area (Å²) in [6.07, 6.45) is 4.24. The van der Waals surface area contributed by atoms with Crippen molar-refractivity contribution in [1.82, 2.24) is 15.2 Å². The van der Waals surface area contributed by atoms with Gasteiger partial charge in [-0.05, 0) is 39.2 Å². The molecule has 0 radical (unpaired) electrons. The van der Waals surface area contributed by atoms with Gasteiger partial charge in [0.2, 0.25) is 5.91 Å². The van der Waals surface area contributed by atoms with Crippen LogP contribution < -0.4 is 10.1 Å². The number of carbonyl (C=O) groups is 1. The Bertz CT molecular complexity index is 572. The van der Waals surface area contributed by atoms with Crippen molar-refractivity contribution < 1.29 is 9.53 Å². The molecular weight excluding hydrogens is 302 g/mol. The van der Waals surface area contributed by atoms with Crippen molar-refractivity contribution in [3.8, 4) is 5.75 Å². The van der Waals surface area contributed by atoms with E-state index >= 15 is 0 Å². The first-order chi connectivity index (χ1) is 11.4. The Morgan fingerprint density at radius 2 is 2.21 bits per heavy atom. The molecule has 1 N–H and O–H groups in total. The Kier molecular flexibility index (Phi) is 6.60. The fourth-order valence-electron chi connectivity index (χ4n) is 3.35. The summed E-state index contributed by atoms with van der Waals surface area (Å²) in [6, 6.07) is 0. The van der Waals surface area contributed by atoms with Gasteiger partial charge in [-0.15, -0.1) is 0 Å². The third-order valence-corrected chi connectivity index (χ3v) is 4.82. The Balaban J connectivity index is 1.95. The predicted octanol–water partition coefficient (Wildman–Crippen LogP) is 2.69. The number of rotatable bonds is 6. The van der Waals surface area contributed by atoms with Crippen LogP contribution in [0.25, 0.3) is 0 Å². The van der Waals surface area contributed by atoms with Gasteiger partial charge in [0.25, 0.3) is 0 Å². The highest BCUT2D eigenvalue weighted by molar-refractivity contribution is 5.77. The fourth-order valence-corrected chi connectivity index (χ4v) is 3.35. The lowest BCUT2D eigenvalue weighted by molar-refractivity contribution is -0.124. The molecule has 0 spiro atoms. The number of amides is 1. The van der Waals surface area contributed by atoms with Crippen molar-refractivity contribution in [3.05, 3.63) is 23.0 Å². The zero-order chi connectivity index (χ0) is 17.7. The van der Waals surface area contributed by atoms with E-state index in [1.165, 1.54) is 12.8 Å². The van der Waals surface area contributed by atoms with E-state index < -0.39 is 0 Å². The van der Waals surface area contributed by atoms with E-state index in [-0.39, 0.29) is 11.8 Å². The van der Waals surface area contributed by atoms with Gasteiger partial charge in [0.1, 0.15) is 5.75 Å². The molecule has 1 amide bonds. The van der Waals surface area contributed by atoms with Gasteiger partial charge < -0.3 is 10.1 Å². The smallest absolute Gasteiger partial charge is 0.222 e. The van der Waals surface area contributed by atoms with Crippen LogP contribution in [0.3, 0.4) is 0 Å². The molecule has 24 heavy (non-hydrogen) atoms. The quantitative estimate of drug-likeness (QED) is 0.870. The zero-order valence-corrected chi connectivity index (χ0v) is 15.7. The number of hydrogen-bond donors (Lipinski definition) is 1. The number of aryl methyl sites for hydroxylation is 1. The SMILES string of the molecule is COc1c(C)cnc(CN2CCC[C@@H](CNC(=O)C(C)C)C2)c1C. The van der Waals surface area contributed by atoms with Gasteiger partial charge in [0.15, 0.2) is 0 Å². The summed E-state index contributed by atoms with van der Waals surface area (Å²) in [5.41, 5.74) is 3.30. The largest absolute Gasteiger partial charge is 0.496 e. The van der Waals surface area contributed by atoms with Gasteiger partial charge in [0, 0.05) is 42.9 Å². The van der Waals surface area contributed by atoms with Crippen LogP contribution in [-0.4, -0.2) is 42.5 Å². The molecule has 1 aromatic heterocycles. The minimum atomic E-state index is 0.0524. The van der Waals surface area contributed by atoms with Crippen molar-refractivity contribution in [2.45, 2.75) is 47.1 Å². The number of hydrogen-bond acceptors (Lipinski definition) is 4. The average molecular weight is 333 g/mol. The van der Waals surface area contributed by atoms with Gasteiger partial charge in [0.05, 0.1) is 12.8 Å². The van der Waals surface area contributed by atoms with Crippen LogP contribution in [-0.2, 0) is 11.3 Å². The van der Waals surface area contributed by atoms with Gasteiger partial charge in [-0.1, -0.05) is 13.8 Å². The Hall–Kier alpha value is -1.62. The maximum absolute atomic E-state index is 11.8. The van der Waals surface area contributed by atoms with Gasteiger partial charge >= 0.3 is 0 Å². The van der Waals surface area contributed by atoms with Gasteiger partial charge in [-0.3, -0.25) is 14.7 Å². The molecule has 134 valence electrons. The van der Waals surface area contributed by atoms with Crippen LogP contribution >= 0.6 is 0 Å². The van der Waals surface area contributed by atoms with Gasteiger partial charge in [-0.25, -0.2) is 0 Å². The number of pyridine rings is 1. The molecule has 1 saturated heterocycles. The third kappa shape index (κ3) is 4.69. The van der Waals surface area contributed by atoms with E-state index in [2.05, 4.69) is 22.1 Å². The lowest BCUT2D eigenvalue weighted by atomic mass is 9.97. The normalized spacial score (nSPS) is 18.7. The Labute approximate surface area is 145 Å². The lowest BCUT2D eigenvalue weighted by Gasteiger charge is -2.33. The van der Waals surface area contributed by atoms with Gasteiger partial charge in [-0.2, -0.15) is 0 Å². The topological polar surface area (TPSA) is 54.5 Å². The predicted molar refractivity (Wildman–Crippen MR) is 96.1 cm³/mol. The van der Waals surface area contributed by atoms with E-state index in [0.29, 0.717) is 5.92 Å². The molecule has 5 heteroatoms. The molecule has 0 aromatic carbocycles. The Morgan fingerprint density at radius 1 is 1.46 bits per heavy atom.